The molecule has 26 heavy (non-hydrogen) atoms. The van der Waals surface area contributed by atoms with Crippen LogP contribution in [0.5, 0.6) is 0 Å². The van der Waals surface area contributed by atoms with Gasteiger partial charge in [-0.05, 0) is 19.8 Å². The Kier molecular flexibility index (Phi) is 3.82. The number of hydrogen-bond donors (Lipinski definition) is 1. The van der Waals surface area contributed by atoms with Crippen LogP contribution in [0.15, 0.2) is 11.6 Å². The van der Waals surface area contributed by atoms with Crippen molar-refractivity contribution in [3.63, 3.8) is 0 Å². The number of hydrogen-bond acceptors (Lipinski definition) is 7. The topological polar surface area (TPSA) is 94.6 Å². The summed E-state index contributed by atoms with van der Waals surface area (Å²) in [5, 5.41) is 10.9. The van der Waals surface area contributed by atoms with Gasteiger partial charge in [0.15, 0.2) is 0 Å². The van der Waals surface area contributed by atoms with Gasteiger partial charge in [-0.15, -0.1) is 0 Å². The number of carbonyl (C=O) groups is 2. The Hall–Kier alpha value is -1.44. The second-order valence-electron chi connectivity index (χ2n) is 8.33. The van der Waals surface area contributed by atoms with Crippen LogP contribution in [0.3, 0.4) is 0 Å². The quantitative estimate of drug-likeness (QED) is 0.454. The van der Waals surface area contributed by atoms with Gasteiger partial charge in [0.1, 0.15) is 30.5 Å². The molecule has 144 valence electrons. The van der Waals surface area contributed by atoms with Crippen LogP contribution in [0.2, 0.25) is 0 Å². The number of carbonyl (C=O) groups excluding carboxylic acids is 2. The Labute approximate surface area is 152 Å². The first-order valence-electron chi connectivity index (χ1n) is 9.13. The molecule has 0 aromatic rings. The molecule has 1 N–H and O–H groups in total. The van der Waals surface area contributed by atoms with Crippen molar-refractivity contribution >= 4 is 11.9 Å². The largest absolute Gasteiger partial charge is 0.465 e. The number of aliphatic hydroxyl groups is 1. The minimum Gasteiger partial charge on any atom is -0.465 e. The van der Waals surface area contributed by atoms with Crippen molar-refractivity contribution in [2.75, 3.05) is 13.2 Å². The van der Waals surface area contributed by atoms with Gasteiger partial charge in [0.2, 0.25) is 0 Å². The highest BCUT2D eigenvalue weighted by molar-refractivity contribution is 5.67. The summed E-state index contributed by atoms with van der Waals surface area (Å²) in [6.07, 6.45) is 0.896. The molecule has 0 aromatic heterocycles. The molecule has 0 amide bonds. The molecule has 2 bridgehead atoms. The fourth-order valence-corrected chi connectivity index (χ4v) is 5.60. The molecule has 2 heterocycles. The standard InChI is InChI=1S/C19H26O7/c1-10-5-6-18(8-23-11(2)20)13(7-10)26-16-14(22)15(25-12(3)21)17(18,4)19(16)9-24-19/h7,13-16,22H,5-6,8-9H2,1-4H3/t13-,14-,15+,16+,17-,18+,19+/m1/s1. The third kappa shape index (κ3) is 2.05. The Bertz CT molecular complexity index is 681. The van der Waals surface area contributed by atoms with E-state index in [1.807, 2.05) is 13.8 Å². The number of fused-ring (bicyclic) bond motifs is 2. The molecule has 2 aliphatic heterocycles. The molecular formula is C19H26O7. The Morgan fingerprint density at radius 1 is 1.35 bits per heavy atom. The van der Waals surface area contributed by atoms with Crippen molar-refractivity contribution < 1.29 is 33.6 Å². The van der Waals surface area contributed by atoms with Gasteiger partial charge in [0.05, 0.1) is 18.1 Å². The zero-order valence-corrected chi connectivity index (χ0v) is 15.6. The van der Waals surface area contributed by atoms with Crippen molar-refractivity contribution in [2.24, 2.45) is 10.8 Å². The second kappa shape index (κ2) is 5.53. The second-order valence-corrected chi connectivity index (χ2v) is 8.33. The van der Waals surface area contributed by atoms with Crippen LogP contribution in [0, 0.1) is 10.8 Å². The molecule has 2 saturated heterocycles. The van der Waals surface area contributed by atoms with Crippen LogP contribution in [0.1, 0.15) is 40.5 Å². The third-order valence-corrected chi connectivity index (χ3v) is 7.08. The number of ether oxygens (including phenoxy) is 4. The summed E-state index contributed by atoms with van der Waals surface area (Å²) >= 11 is 0. The maximum Gasteiger partial charge on any atom is 0.303 e. The Morgan fingerprint density at radius 2 is 2.04 bits per heavy atom. The predicted molar refractivity (Wildman–Crippen MR) is 89.1 cm³/mol. The minimum atomic E-state index is -0.986. The molecule has 3 fully saturated rings. The summed E-state index contributed by atoms with van der Waals surface area (Å²) in [5.74, 6) is -0.830. The zero-order chi connectivity index (χ0) is 18.9. The summed E-state index contributed by atoms with van der Waals surface area (Å²) in [6, 6.07) is 0. The van der Waals surface area contributed by atoms with Crippen molar-refractivity contribution in [2.45, 2.75) is 70.6 Å². The van der Waals surface area contributed by atoms with Crippen LogP contribution in [-0.2, 0) is 28.5 Å². The highest BCUT2D eigenvalue weighted by atomic mass is 16.7. The number of epoxide rings is 1. The highest BCUT2D eigenvalue weighted by Crippen LogP contribution is 2.72. The van der Waals surface area contributed by atoms with E-state index in [2.05, 4.69) is 6.08 Å². The van der Waals surface area contributed by atoms with Crippen LogP contribution >= 0.6 is 0 Å². The average molecular weight is 366 g/mol. The van der Waals surface area contributed by atoms with Crippen LogP contribution in [-0.4, -0.2) is 60.3 Å². The first kappa shape index (κ1) is 17.9. The molecule has 4 aliphatic rings. The fraction of sp³-hybridized carbons (Fsp3) is 0.789. The third-order valence-electron chi connectivity index (χ3n) is 7.08. The first-order valence-corrected chi connectivity index (χ1v) is 9.13. The summed E-state index contributed by atoms with van der Waals surface area (Å²) in [6.45, 7) is 7.31. The Balaban J connectivity index is 1.86. The van der Waals surface area contributed by atoms with E-state index < -0.39 is 40.7 Å². The molecule has 7 atom stereocenters. The molecule has 2 aliphatic carbocycles. The number of esters is 2. The van der Waals surface area contributed by atoms with Crippen molar-refractivity contribution in [3.05, 3.63) is 11.6 Å². The smallest absolute Gasteiger partial charge is 0.303 e. The van der Waals surface area contributed by atoms with E-state index in [9.17, 15) is 14.7 Å². The van der Waals surface area contributed by atoms with E-state index in [1.165, 1.54) is 19.4 Å². The van der Waals surface area contributed by atoms with Gasteiger partial charge in [-0.1, -0.05) is 18.6 Å². The van der Waals surface area contributed by atoms with Gasteiger partial charge in [0, 0.05) is 19.3 Å². The molecule has 0 aromatic carbocycles. The number of rotatable bonds is 3. The SMILES string of the molecule is CC(=O)OC[C@@]12CCC(C)=C[C@H]1O[C@H]1[C@H](O)[C@H](OC(C)=O)[C@@]2(C)[C@]12CO2. The lowest BCUT2D eigenvalue weighted by molar-refractivity contribution is -0.233. The van der Waals surface area contributed by atoms with Gasteiger partial charge >= 0.3 is 11.9 Å². The Morgan fingerprint density at radius 3 is 2.62 bits per heavy atom. The van der Waals surface area contributed by atoms with E-state index in [0.717, 1.165) is 6.42 Å². The average Bonchev–Trinajstić information content (AvgIpc) is 3.34. The van der Waals surface area contributed by atoms with Crippen molar-refractivity contribution in [1.82, 2.24) is 0 Å². The van der Waals surface area contributed by atoms with Crippen molar-refractivity contribution in [3.8, 4) is 0 Å². The van der Waals surface area contributed by atoms with E-state index in [0.29, 0.717) is 13.0 Å². The minimum absolute atomic E-state index is 0.135. The molecule has 7 heteroatoms. The molecule has 0 radical (unpaired) electrons. The van der Waals surface area contributed by atoms with Gasteiger partial charge in [-0.25, -0.2) is 0 Å². The fourth-order valence-electron chi connectivity index (χ4n) is 5.60. The number of allylic oxidation sites excluding steroid dienone is 1. The molecule has 0 unspecified atom stereocenters. The van der Waals surface area contributed by atoms with Crippen molar-refractivity contribution in [1.29, 1.82) is 0 Å². The van der Waals surface area contributed by atoms with Gasteiger partial charge in [-0.2, -0.15) is 0 Å². The summed E-state index contributed by atoms with van der Waals surface area (Å²) < 4.78 is 23.3. The molecule has 1 saturated carbocycles. The van der Waals surface area contributed by atoms with E-state index in [4.69, 9.17) is 18.9 Å². The maximum absolute atomic E-state index is 11.8. The van der Waals surface area contributed by atoms with Crippen LogP contribution < -0.4 is 0 Å². The van der Waals surface area contributed by atoms with Crippen LogP contribution in [0.25, 0.3) is 0 Å². The summed E-state index contributed by atoms with van der Waals surface area (Å²) in [5.41, 5.74) is -0.890. The molecule has 1 spiro atoms. The van der Waals surface area contributed by atoms with Gasteiger partial charge in [-0.3, -0.25) is 9.59 Å². The lowest BCUT2D eigenvalue weighted by Gasteiger charge is -2.58. The highest BCUT2D eigenvalue weighted by Gasteiger charge is 2.85. The van der Waals surface area contributed by atoms with E-state index in [1.54, 1.807) is 0 Å². The van der Waals surface area contributed by atoms with Crippen LogP contribution in [0.4, 0.5) is 0 Å². The summed E-state index contributed by atoms with van der Waals surface area (Å²) in [7, 11) is 0. The first-order chi connectivity index (χ1) is 12.2. The molecule has 7 nitrogen and oxygen atoms in total. The predicted octanol–water partition coefficient (Wildman–Crippen LogP) is 1.12. The van der Waals surface area contributed by atoms with Gasteiger partial charge < -0.3 is 24.1 Å². The zero-order valence-electron chi connectivity index (χ0n) is 15.6. The molecule has 4 rings (SSSR count). The van der Waals surface area contributed by atoms with Gasteiger partial charge in [0.25, 0.3) is 0 Å². The lowest BCUT2D eigenvalue weighted by Crippen LogP contribution is -2.66. The lowest BCUT2D eigenvalue weighted by atomic mass is 9.51. The summed E-state index contributed by atoms with van der Waals surface area (Å²) in [4.78, 5) is 23.4. The molecular weight excluding hydrogens is 340 g/mol. The monoisotopic (exact) mass is 366 g/mol. The maximum atomic E-state index is 11.8. The van der Waals surface area contributed by atoms with E-state index in [-0.39, 0.29) is 18.7 Å². The normalized spacial score (nSPS) is 48.6. The number of aliphatic hydroxyl groups excluding tert-OH is 1. The van der Waals surface area contributed by atoms with E-state index >= 15 is 0 Å².